The van der Waals surface area contributed by atoms with E-state index in [1.165, 1.54) is 0 Å². The normalized spacial score (nSPS) is 11.4. The third kappa shape index (κ3) is 3.90. The lowest BCUT2D eigenvalue weighted by Crippen LogP contribution is -2.10. The van der Waals surface area contributed by atoms with Gasteiger partial charge in [0.15, 0.2) is 0 Å². The number of rotatable bonds is 4. The van der Waals surface area contributed by atoms with Crippen LogP contribution in [0.2, 0.25) is 10.0 Å². The van der Waals surface area contributed by atoms with E-state index in [9.17, 15) is 0 Å². The van der Waals surface area contributed by atoms with Crippen LogP contribution in [0.4, 0.5) is 17.1 Å². The Balaban J connectivity index is 1.48. The Labute approximate surface area is 230 Å². The maximum absolute atomic E-state index is 6.37. The van der Waals surface area contributed by atoms with Gasteiger partial charge in [-0.25, -0.2) is 0 Å². The summed E-state index contributed by atoms with van der Waals surface area (Å²) in [6, 6.07) is 43.5. The average molecular weight is 530 g/mol. The molecule has 0 bridgehead atoms. The summed E-state index contributed by atoms with van der Waals surface area (Å²) < 4.78 is 6.11. The predicted octanol–water partition coefficient (Wildman–Crippen LogP) is 11.2. The number of nitrogens with zero attached hydrogens (tertiary/aromatic N) is 1. The summed E-state index contributed by atoms with van der Waals surface area (Å²) in [7, 11) is 0. The van der Waals surface area contributed by atoms with Crippen LogP contribution in [0.15, 0.2) is 132 Å². The van der Waals surface area contributed by atoms with Crippen molar-refractivity contribution in [3.8, 4) is 11.1 Å². The molecule has 4 heteroatoms. The van der Waals surface area contributed by atoms with E-state index in [0.717, 1.165) is 60.9 Å². The first-order chi connectivity index (χ1) is 18.7. The van der Waals surface area contributed by atoms with Gasteiger partial charge < -0.3 is 9.32 Å². The highest BCUT2D eigenvalue weighted by Crippen LogP contribution is 2.43. The first-order valence-corrected chi connectivity index (χ1v) is 13.2. The van der Waals surface area contributed by atoms with Crippen molar-refractivity contribution >= 4 is 73.0 Å². The van der Waals surface area contributed by atoms with Gasteiger partial charge in [0.05, 0.1) is 5.69 Å². The van der Waals surface area contributed by atoms with Crippen molar-refractivity contribution < 1.29 is 4.42 Å². The lowest BCUT2D eigenvalue weighted by Gasteiger charge is -2.27. The van der Waals surface area contributed by atoms with Gasteiger partial charge in [0.1, 0.15) is 11.2 Å². The molecule has 0 radical (unpaired) electrons. The summed E-state index contributed by atoms with van der Waals surface area (Å²) >= 11 is 12.7. The van der Waals surface area contributed by atoms with Crippen molar-refractivity contribution in [2.75, 3.05) is 4.90 Å². The predicted molar refractivity (Wildman–Crippen MR) is 161 cm³/mol. The van der Waals surface area contributed by atoms with Crippen LogP contribution in [0.1, 0.15) is 0 Å². The molecule has 0 aliphatic heterocycles. The summed E-state index contributed by atoms with van der Waals surface area (Å²) in [6.07, 6.45) is 0. The molecule has 0 saturated carbocycles. The van der Waals surface area contributed by atoms with Gasteiger partial charge in [-0.3, -0.25) is 0 Å². The molecule has 0 N–H and O–H groups in total. The highest BCUT2D eigenvalue weighted by Gasteiger charge is 2.18. The molecule has 0 unspecified atom stereocenters. The van der Waals surface area contributed by atoms with Crippen molar-refractivity contribution in [3.05, 3.63) is 137 Å². The fourth-order valence-electron chi connectivity index (χ4n) is 5.31. The number of halogens is 2. The SMILES string of the molecule is Clc1cc(Cl)cc(-c2cccc3c(N(c4ccccc4)c4ccc5oc6ccccc6c5c4)cccc23)c1. The Morgan fingerprint density at radius 2 is 1.16 bits per heavy atom. The van der Waals surface area contributed by atoms with Crippen molar-refractivity contribution in [2.24, 2.45) is 0 Å². The lowest BCUT2D eigenvalue weighted by atomic mass is 9.96. The molecule has 0 fully saturated rings. The first-order valence-electron chi connectivity index (χ1n) is 12.4. The highest BCUT2D eigenvalue weighted by atomic mass is 35.5. The first kappa shape index (κ1) is 22.9. The molecule has 0 spiro atoms. The Morgan fingerprint density at radius 1 is 0.474 bits per heavy atom. The third-order valence-corrected chi connectivity index (χ3v) is 7.38. The molecule has 0 saturated heterocycles. The monoisotopic (exact) mass is 529 g/mol. The molecule has 7 rings (SSSR count). The number of para-hydroxylation sites is 2. The van der Waals surface area contributed by atoms with Crippen LogP contribution in [-0.4, -0.2) is 0 Å². The van der Waals surface area contributed by atoms with E-state index in [-0.39, 0.29) is 0 Å². The summed E-state index contributed by atoms with van der Waals surface area (Å²) in [4.78, 5) is 2.30. The number of furan rings is 1. The minimum Gasteiger partial charge on any atom is -0.456 e. The Hall–Kier alpha value is -4.24. The van der Waals surface area contributed by atoms with Crippen LogP contribution in [-0.2, 0) is 0 Å². The van der Waals surface area contributed by atoms with Crippen molar-refractivity contribution in [3.63, 3.8) is 0 Å². The van der Waals surface area contributed by atoms with Crippen LogP contribution in [0.3, 0.4) is 0 Å². The van der Waals surface area contributed by atoms with Crippen LogP contribution in [0.25, 0.3) is 43.8 Å². The summed E-state index contributed by atoms with van der Waals surface area (Å²) in [6.45, 7) is 0. The molecule has 1 heterocycles. The Kier molecular flexibility index (Phi) is 5.58. The minimum absolute atomic E-state index is 0.618. The van der Waals surface area contributed by atoms with Crippen LogP contribution in [0, 0.1) is 0 Å². The summed E-state index contributed by atoms with van der Waals surface area (Å²) in [5.74, 6) is 0. The maximum Gasteiger partial charge on any atom is 0.135 e. The van der Waals surface area contributed by atoms with E-state index in [1.807, 2.05) is 36.4 Å². The molecule has 7 aromatic rings. The zero-order chi connectivity index (χ0) is 25.6. The molecule has 182 valence electrons. The number of anilines is 3. The zero-order valence-electron chi connectivity index (χ0n) is 20.2. The average Bonchev–Trinajstić information content (AvgIpc) is 3.31. The Bertz CT molecular complexity index is 1940. The van der Waals surface area contributed by atoms with E-state index in [0.29, 0.717) is 10.0 Å². The quantitative estimate of drug-likeness (QED) is 0.225. The molecule has 38 heavy (non-hydrogen) atoms. The van der Waals surface area contributed by atoms with Gasteiger partial charge in [0.25, 0.3) is 0 Å². The van der Waals surface area contributed by atoms with Crippen molar-refractivity contribution in [2.45, 2.75) is 0 Å². The molecule has 1 aromatic heterocycles. The molecule has 0 amide bonds. The largest absolute Gasteiger partial charge is 0.456 e. The molecular weight excluding hydrogens is 509 g/mol. The van der Waals surface area contributed by atoms with E-state index < -0.39 is 0 Å². The van der Waals surface area contributed by atoms with Gasteiger partial charge in [-0.15, -0.1) is 0 Å². The van der Waals surface area contributed by atoms with E-state index >= 15 is 0 Å². The van der Waals surface area contributed by atoms with Gasteiger partial charge in [-0.05, 0) is 77.2 Å². The molecule has 0 aliphatic carbocycles. The van der Waals surface area contributed by atoms with Crippen molar-refractivity contribution in [1.82, 2.24) is 0 Å². The highest BCUT2D eigenvalue weighted by molar-refractivity contribution is 6.35. The Morgan fingerprint density at radius 3 is 2.00 bits per heavy atom. The number of benzene rings is 6. The molecule has 2 nitrogen and oxygen atoms in total. The van der Waals surface area contributed by atoms with Crippen LogP contribution in [0.5, 0.6) is 0 Å². The van der Waals surface area contributed by atoms with Gasteiger partial charge in [-0.2, -0.15) is 0 Å². The van der Waals surface area contributed by atoms with Gasteiger partial charge in [0, 0.05) is 37.6 Å². The number of hydrogen-bond donors (Lipinski definition) is 0. The molecule has 6 aromatic carbocycles. The molecular formula is C34H21Cl2NO. The van der Waals surface area contributed by atoms with Crippen LogP contribution >= 0.6 is 23.2 Å². The number of hydrogen-bond acceptors (Lipinski definition) is 2. The second kappa shape index (κ2) is 9.25. The van der Waals surface area contributed by atoms with Crippen LogP contribution < -0.4 is 4.90 Å². The second-order valence-electron chi connectivity index (χ2n) is 9.29. The fraction of sp³-hybridized carbons (Fsp3) is 0. The smallest absolute Gasteiger partial charge is 0.135 e. The number of fused-ring (bicyclic) bond motifs is 4. The van der Waals surface area contributed by atoms with E-state index in [2.05, 4.69) is 89.8 Å². The molecule has 0 atom stereocenters. The minimum atomic E-state index is 0.618. The topological polar surface area (TPSA) is 16.4 Å². The second-order valence-corrected chi connectivity index (χ2v) is 10.2. The van der Waals surface area contributed by atoms with Gasteiger partial charge in [-0.1, -0.05) is 89.9 Å². The third-order valence-electron chi connectivity index (χ3n) is 6.95. The standard InChI is InChI=1S/C34H21Cl2NO/c35-23-18-22(19-24(36)20-23)27-11-6-13-29-28(27)12-7-14-32(29)37(25-8-2-1-3-9-25)26-16-17-34-31(21-26)30-10-4-5-15-33(30)38-34/h1-21H. The summed E-state index contributed by atoms with van der Waals surface area (Å²) in [5.41, 5.74) is 7.04. The maximum atomic E-state index is 6.37. The fourth-order valence-corrected chi connectivity index (χ4v) is 5.83. The summed E-state index contributed by atoms with van der Waals surface area (Å²) in [5, 5.41) is 5.68. The van der Waals surface area contributed by atoms with Gasteiger partial charge in [0.2, 0.25) is 0 Å². The van der Waals surface area contributed by atoms with Crippen molar-refractivity contribution in [1.29, 1.82) is 0 Å². The van der Waals surface area contributed by atoms with Gasteiger partial charge >= 0.3 is 0 Å². The van der Waals surface area contributed by atoms with E-state index in [4.69, 9.17) is 27.6 Å². The molecule has 0 aliphatic rings. The lowest BCUT2D eigenvalue weighted by molar-refractivity contribution is 0.669. The zero-order valence-corrected chi connectivity index (χ0v) is 21.7. The van der Waals surface area contributed by atoms with E-state index in [1.54, 1.807) is 6.07 Å².